The van der Waals surface area contributed by atoms with E-state index in [9.17, 15) is 19.2 Å². The van der Waals surface area contributed by atoms with Crippen molar-refractivity contribution < 1.29 is 28.3 Å². The van der Waals surface area contributed by atoms with E-state index in [2.05, 4.69) is 31.1 Å². The van der Waals surface area contributed by atoms with Crippen LogP contribution in [0.25, 0.3) is 22.9 Å². The number of pyridine rings is 1. The smallest absolute Gasteiger partial charge is 0.339 e. The fraction of sp³-hybridized carbons (Fsp3) is 0.231. The number of rotatable bonds is 11. The summed E-state index contributed by atoms with van der Waals surface area (Å²) in [6, 6.07) is 17.9. The average molecular weight is 764 g/mol. The molecule has 55 heavy (non-hydrogen) atoms. The van der Waals surface area contributed by atoms with Crippen LogP contribution in [0.5, 0.6) is 0 Å². The van der Waals surface area contributed by atoms with Gasteiger partial charge in [0.05, 0.1) is 23.4 Å². The minimum atomic E-state index is -1.45. The van der Waals surface area contributed by atoms with Gasteiger partial charge in [-0.25, -0.2) is 14.2 Å². The summed E-state index contributed by atoms with van der Waals surface area (Å²) >= 11 is 6.12. The lowest BCUT2D eigenvalue weighted by molar-refractivity contribution is -0.132. The van der Waals surface area contributed by atoms with Gasteiger partial charge in [0.25, 0.3) is 5.91 Å². The quantitative estimate of drug-likeness (QED) is 0.148. The van der Waals surface area contributed by atoms with E-state index in [0.717, 1.165) is 16.7 Å². The summed E-state index contributed by atoms with van der Waals surface area (Å²) in [7, 11) is 5.13. The number of benzene rings is 3. The van der Waals surface area contributed by atoms with Gasteiger partial charge in [0.2, 0.25) is 5.91 Å². The Hall–Kier alpha value is -6.32. The molecule has 1 spiro atoms. The zero-order valence-corrected chi connectivity index (χ0v) is 30.7. The molecule has 0 saturated heterocycles. The molecule has 1 saturated carbocycles. The first-order valence-electron chi connectivity index (χ1n) is 17.3. The number of carbonyl (C=O) groups excluding carboxylic acids is 4. The number of fused-ring (bicyclic) bond motifs is 2. The van der Waals surface area contributed by atoms with Gasteiger partial charge in [-0.05, 0) is 95.7 Å². The minimum Gasteiger partial charge on any atom is -0.465 e. The van der Waals surface area contributed by atoms with E-state index in [1.807, 2.05) is 49.3 Å². The number of nitrogens with one attached hydrogen (secondary N) is 2. The van der Waals surface area contributed by atoms with Crippen LogP contribution in [0.3, 0.4) is 0 Å². The molecule has 2 aromatic heterocycles. The SMILES string of the molecule is COC(=O)c1ccc(NC2C(=O)C23c2cccc(-c4ccc(C(=O)NCCN(C)C)cc4)c2CCN3C(=O)/C=C/c2c(-n3cnnn3)ccc(Cl)c2F)nc1. The van der Waals surface area contributed by atoms with Crippen LogP contribution in [-0.2, 0) is 26.3 Å². The summed E-state index contributed by atoms with van der Waals surface area (Å²) in [4.78, 5) is 61.1. The molecule has 2 unspecified atom stereocenters. The summed E-state index contributed by atoms with van der Waals surface area (Å²) in [5.74, 6) is -2.04. The number of esters is 1. The number of methoxy groups -OCH3 is 1. The first-order chi connectivity index (χ1) is 26.5. The Labute approximate surface area is 319 Å². The van der Waals surface area contributed by atoms with E-state index in [-0.39, 0.29) is 40.1 Å². The molecule has 2 amide bonds. The molecule has 7 rings (SSSR count). The number of Topliss-reactive ketones (excluding diaryl/α,β-unsaturated/α-hetero) is 1. The van der Waals surface area contributed by atoms with Gasteiger partial charge in [0.15, 0.2) is 17.1 Å². The van der Waals surface area contributed by atoms with Crippen LogP contribution in [0.2, 0.25) is 5.02 Å². The van der Waals surface area contributed by atoms with Gasteiger partial charge < -0.3 is 25.2 Å². The maximum Gasteiger partial charge on any atom is 0.339 e. The van der Waals surface area contributed by atoms with E-state index in [0.29, 0.717) is 36.5 Å². The Kier molecular flexibility index (Phi) is 10.2. The molecule has 1 aliphatic heterocycles. The van der Waals surface area contributed by atoms with E-state index < -0.39 is 29.3 Å². The summed E-state index contributed by atoms with van der Waals surface area (Å²) in [5.41, 5.74) is 2.69. The van der Waals surface area contributed by atoms with Crippen LogP contribution in [0, 0.1) is 5.82 Å². The topological polar surface area (TPSA) is 165 Å². The van der Waals surface area contributed by atoms with Crippen molar-refractivity contribution in [1.82, 2.24) is 40.3 Å². The van der Waals surface area contributed by atoms with Crippen molar-refractivity contribution in [2.45, 2.75) is 18.0 Å². The second-order valence-electron chi connectivity index (χ2n) is 13.2. The fourth-order valence-electron chi connectivity index (χ4n) is 6.95. The number of ketones is 1. The lowest BCUT2D eigenvalue weighted by Gasteiger charge is -2.37. The van der Waals surface area contributed by atoms with Gasteiger partial charge in [0, 0.05) is 43.0 Å². The first kappa shape index (κ1) is 37.0. The van der Waals surface area contributed by atoms with E-state index in [1.165, 1.54) is 59.6 Å². The maximum atomic E-state index is 15.4. The average Bonchev–Trinajstić information content (AvgIpc) is 3.49. The molecule has 16 heteroatoms. The van der Waals surface area contributed by atoms with Crippen molar-refractivity contribution in [1.29, 1.82) is 0 Å². The van der Waals surface area contributed by atoms with Gasteiger partial charge in [-0.1, -0.05) is 41.9 Å². The highest BCUT2D eigenvalue weighted by Gasteiger charge is 2.72. The third-order valence-corrected chi connectivity index (χ3v) is 10.0. The maximum absolute atomic E-state index is 15.4. The molecule has 2 aliphatic rings. The number of likely N-dealkylation sites (N-methyl/N-ethyl adjacent to an activating group) is 1. The lowest BCUT2D eigenvalue weighted by Crippen LogP contribution is -2.48. The molecule has 3 aromatic carbocycles. The van der Waals surface area contributed by atoms with Crippen LogP contribution in [0.15, 0.2) is 85.3 Å². The van der Waals surface area contributed by atoms with E-state index >= 15 is 4.39 Å². The number of tetrazole rings is 1. The molecular weight excluding hydrogens is 729 g/mol. The Morgan fingerprint density at radius 1 is 1.07 bits per heavy atom. The number of carbonyl (C=O) groups is 4. The second-order valence-corrected chi connectivity index (χ2v) is 13.6. The molecular formula is C39H35ClFN9O5. The van der Waals surface area contributed by atoms with E-state index in [4.69, 9.17) is 16.3 Å². The number of aromatic nitrogens is 5. The highest BCUT2D eigenvalue weighted by Crippen LogP contribution is 2.53. The molecule has 280 valence electrons. The second kappa shape index (κ2) is 15.2. The van der Waals surface area contributed by atoms with Crippen molar-refractivity contribution in [3.63, 3.8) is 0 Å². The number of nitrogens with zero attached hydrogens (tertiary/aromatic N) is 7. The molecule has 5 aromatic rings. The zero-order chi connectivity index (χ0) is 38.9. The predicted octanol–water partition coefficient (Wildman–Crippen LogP) is 3.95. The summed E-state index contributed by atoms with van der Waals surface area (Å²) in [6.07, 6.45) is 5.51. The summed E-state index contributed by atoms with van der Waals surface area (Å²) < 4.78 is 21.4. The minimum absolute atomic E-state index is 0.0246. The molecule has 3 heterocycles. The van der Waals surface area contributed by atoms with Crippen molar-refractivity contribution in [2.75, 3.05) is 46.2 Å². The molecule has 0 bridgehead atoms. The fourth-order valence-corrected chi connectivity index (χ4v) is 7.11. The van der Waals surface area contributed by atoms with Crippen LogP contribution < -0.4 is 10.6 Å². The van der Waals surface area contributed by atoms with Crippen molar-refractivity contribution in [2.24, 2.45) is 0 Å². The van der Waals surface area contributed by atoms with Crippen LogP contribution >= 0.6 is 11.6 Å². The van der Waals surface area contributed by atoms with E-state index in [1.54, 1.807) is 18.2 Å². The van der Waals surface area contributed by atoms with Gasteiger partial charge in [-0.3, -0.25) is 14.4 Å². The van der Waals surface area contributed by atoms with Crippen molar-refractivity contribution >= 4 is 47.1 Å². The zero-order valence-electron chi connectivity index (χ0n) is 30.0. The Balaban J connectivity index is 1.24. The standard InChI is InChI=1S/C39H35ClFN9O5/c1-48(2)20-18-42-37(53)24-9-7-23(8-10-24)26-5-4-6-29-27(26)17-19-49(39(29)35(36(39)52)45-32-15-11-25(21-43-32)38(54)55-3)33(51)16-12-28-31(50-22-44-46-47-50)14-13-30(40)34(28)41/h4-16,21-22,35H,17-20H2,1-3H3,(H,42,53)(H,43,45)/b16-12+. The number of amides is 2. The van der Waals surface area contributed by atoms with Crippen LogP contribution in [0.1, 0.15) is 37.4 Å². The highest BCUT2D eigenvalue weighted by molar-refractivity contribution is 6.31. The number of ether oxygens (including phenoxy) is 1. The molecule has 14 nitrogen and oxygen atoms in total. The first-order valence-corrected chi connectivity index (χ1v) is 17.6. The van der Waals surface area contributed by atoms with Gasteiger partial charge in [-0.2, -0.15) is 4.68 Å². The third kappa shape index (κ3) is 6.95. The Morgan fingerprint density at radius 3 is 2.55 bits per heavy atom. The monoisotopic (exact) mass is 763 g/mol. The molecule has 2 atom stereocenters. The number of hydrogen-bond donors (Lipinski definition) is 2. The van der Waals surface area contributed by atoms with Gasteiger partial charge >= 0.3 is 5.97 Å². The van der Waals surface area contributed by atoms with Gasteiger partial charge in [0.1, 0.15) is 18.2 Å². The number of hydrogen-bond acceptors (Lipinski definition) is 11. The third-order valence-electron chi connectivity index (χ3n) is 9.71. The Morgan fingerprint density at radius 2 is 1.85 bits per heavy atom. The normalized spacial score (nSPS) is 17.4. The largest absolute Gasteiger partial charge is 0.465 e. The van der Waals surface area contributed by atoms with Crippen LogP contribution in [0.4, 0.5) is 10.2 Å². The van der Waals surface area contributed by atoms with Crippen molar-refractivity contribution in [3.05, 3.63) is 124 Å². The molecule has 1 aliphatic carbocycles. The van der Waals surface area contributed by atoms with Crippen molar-refractivity contribution in [3.8, 4) is 16.8 Å². The highest BCUT2D eigenvalue weighted by atomic mass is 35.5. The molecule has 2 N–H and O–H groups in total. The summed E-state index contributed by atoms with van der Waals surface area (Å²) in [6.45, 7) is 1.37. The predicted molar refractivity (Wildman–Crippen MR) is 201 cm³/mol. The summed E-state index contributed by atoms with van der Waals surface area (Å²) in [5, 5.41) is 17.0. The number of anilines is 1. The molecule has 0 radical (unpaired) electrons. The molecule has 1 fully saturated rings. The lowest BCUT2D eigenvalue weighted by atomic mass is 9.84. The number of halogens is 2. The van der Waals surface area contributed by atoms with Gasteiger partial charge in [-0.15, -0.1) is 5.10 Å². The van der Waals surface area contributed by atoms with Crippen LogP contribution in [-0.4, -0.2) is 105 Å². The Bertz CT molecular complexity index is 2320.